The number of methoxy groups -OCH3 is 2. The number of aliphatic hydroxyl groups excluding tert-OH is 2. The van der Waals surface area contributed by atoms with Gasteiger partial charge in [-0.2, -0.15) is 0 Å². The maximum absolute atomic E-state index is 10.9. The predicted molar refractivity (Wildman–Crippen MR) is 172 cm³/mol. The number of carboxylic acids is 2. The van der Waals surface area contributed by atoms with E-state index in [1.165, 1.54) is 89.9 Å². The third-order valence-electron chi connectivity index (χ3n) is 6.43. The summed E-state index contributed by atoms with van der Waals surface area (Å²) in [5, 5.41) is 33.1. The third-order valence-corrected chi connectivity index (χ3v) is 6.43. The number of hydrogen-bond acceptors (Lipinski definition) is 8. The number of aliphatic hydroxyl groups is 2. The summed E-state index contributed by atoms with van der Waals surface area (Å²) in [6.45, 7) is 5.43. The molecule has 0 bridgehead atoms. The summed E-state index contributed by atoms with van der Waals surface area (Å²) in [6.07, 6.45) is 14.5. The van der Waals surface area contributed by atoms with Crippen LogP contribution in [0.5, 0.6) is 23.0 Å². The van der Waals surface area contributed by atoms with E-state index < -0.39 is 11.9 Å². The summed E-state index contributed by atoms with van der Waals surface area (Å²) in [5.41, 5.74) is 0.405. The van der Waals surface area contributed by atoms with E-state index in [4.69, 9.17) is 39.4 Å². The minimum Gasteiger partial charge on any atom is -0.493 e. The molecular weight excluding hydrogens is 568 g/mol. The lowest BCUT2D eigenvalue weighted by molar-refractivity contribution is 0.0685. The molecule has 0 aliphatic heterocycles. The van der Waals surface area contributed by atoms with Crippen molar-refractivity contribution in [1.82, 2.24) is 0 Å². The van der Waals surface area contributed by atoms with Crippen molar-refractivity contribution in [3.05, 3.63) is 47.5 Å². The molecule has 0 spiro atoms. The summed E-state index contributed by atoms with van der Waals surface area (Å²) in [5.74, 6) is 0.209. The van der Waals surface area contributed by atoms with Gasteiger partial charge < -0.3 is 39.4 Å². The first-order valence-corrected chi connectivity index (χ1v) is 15.6. The highest BCUT2D eigenvalue weighted by atomic mass is 16.5. The minimum atomic E-state index is -0.967. The Labute approximate surface area is 262 Å². The second-order valence-corrected chi connectivity index (χ2v) is 10.0. The summed E-state index contributed by atoms with van der Waals surface area (Å²) < 4.78 is 21.6. The lowest BCUT2D eigenvalue weighted by Gasteiger charge is -2.11. The summed E-state index contributed by atoms with van der Waals surface area (Å²) >= 11 is 0. The standard InChI is InChI=1S/2C16H24O4.C2H6O2/c2*1-3-4-5-6-7-8-11-20-14-10-9-13(16(17)18)12-15(14)19-2;3-1-2-4/h2*9-10,12H,3-8,11H2,1-2H3,(H,17,18);3-4H,1-2H2. The minimum absolute atomic E-state index is 0.125. The fraction of sp³-hybridized carbons (Fsp3) is 0.588. The van der Waals surface area contributed by atoms with E-state index >= 15 is 0 Å². The fourth-order valence-corrected chi connectivity index (χ4v) is 3.97. The van der Waals surface area contributed by atoms with Crippen LogP contribution in [0.25, 0.3) is 0 Å². The molecule has 10 heteroatoms. The van der Waals surface area contributed by atoms with Crippen LogP contribution >= 0.6 is 0 Å². The number of ether oxygens (including phenoxy) is 4. The lowest BCUT2D eigenvalue weighted by atomic mass is 10.1. The number of hydrogen-bond donors (Lipinski definition) is 4. The van der Waals surface area contributed by atoms with Crippen LogP contribution in [0.4, 0.5) is 0 Å². The zero-order valence-corrected chi connectivity index (χ0v) is 27.0. The largest absolute Gasteiger partial charge is 0.493 e. The van der Waals surface area contributed by atoms with E-state index in [1.807, 2.05) is 0 Å². The van der Waals surface area contributed by atoms with Gasteiger partial charge >= 0.3 is 11.9 Å². The van der Waals surface area contributed by atoms with E-state index in [9.17, 15) is 9.59 Å². The summed E-state index contributed by atoms with van der Waals surface area (Å²) in [4.78, 5) is 21.7. The van der Waals surface area contributed by atoms with Crippen LogP contribution in [0.2, 0.25) is 0 Å². The SMILES string of the molecule is CCCCCCCCOc1ccc(C(=O)O)cc1OC.CCCCCCCCOc1ccc(C(=O)O)cc1OC.OCCO. The molecule has 0 unspecified atom stereocenters. The smallest absolute Gasteiger partial charge is 0.335 e. The van der Waals surface area contributed by atoms with Gasteiger partial charge in [0.05, 0.1) is 51.8 Å². The van der Waals surface area contributed by atoms with Crippen LogP contribution in [0.1, 0.15) is 112 Å². The van der Waals surface area contributed by atoms with E-state index in [1.54, 1.807) is 12.1 Å². The molecule has 0 fully saturated rings. The van der Waals surface area contributed by atoms with Gasteiger partial charge in [-0.05, 0) is 49.2 Å². The molecule has 0 saturated heterocycles. The second kappa shape index (κ2) is 27.1. The molecule has 0 amide bonds. The van der Waals surface area contributed by atoms with Crippen LogP contribution in [-0.4, -0.2) is 73.0 Å². The quantitative estimate of drug-likeness (QED) is 0.105. The van der Waals surface area contributed by atoms with E-state index in [2.05, 4.69) is 13.8 Å². The van der Waals surface area contributed by atoms with Gasteiger partial charge in [-0.1, -0.05) is 78.1 Å². The van der Waals surface area contributed by atoms with Crippen LogP contribution in [0.15, 0.2) is 36.4 Å². The maximum Gasteiger partial charge on any atom is 0.335 e. The van der Waals surface area contributed by atoms with E-state index in [-0.39, 0.29) is 24.3 Å². The van der Waals surface area contributed by atoms with Crippen molar-refractivity contribution < 1.29 is 49.0 Å². The summed E-state index contributed by atoms with van der Waals surface area (Å²) in [7, 11) is 3.02. The Morgan fingerprint density at radius 1 is 0.545 bits per heavy atom. The van der Waals surface area contributed by atoms with Gasteiger partial charge in [-0.25, -0.2) is 9.59 Å². The third kappa shape index (κ3) is 18.9. The molecule has 2 aromatic rings. The van der Waals surface area contributed by atoms with Crippen LogP contribution in [-0.2, 0) is 0 Å². The molecule has 0 heterocycles. The van der Waals surface area contributed by atoms with Crippen LogP contribution in [0, 0.1) is 0 Å². The highest BCUT2D eigenvalue weighted by Gasteiger charge is 2.11. The van der Waals surface area contributed by atoms with Crippen molar-refractivity contribution in [2.75, 3.05) is 40.6 Å². The first-order chi connectivity index (χ1) is 21.3. The molecule has 2 aromatic carbocycles. The number of unbranched alkanes of at least 4 members (excludes halogenated alkanes) is 10. The van der Waals surface area contributed by atoms with Gasteiger partial charge in [0.25, 0.3) is 0 Å². The molecule has 0 aliphatic rings. The van der Waals surface area contributed by atoms with Crippen LogP contribution < -0.4 is 18.9 Å². The van der Waals surface area contributed by atoms with Gasteiger partial charge in [-0.15, -0.1) is 0 Å². The van der Waals surface area contributed by atoms with Crippen molar-refractivity contribution in [3.63, 3.8) is 0 Å². The molecule has 2 rings (SSSR count). The number of benzene rings is 2. The molecule has 250 valence electrons. The summed E-state index contributed by atoms with van der Waals surface area (Å²) in [6, 6.07) is 9.33. The first-order valence-electron chi connectivity index (χ1n) is 15.6. The van der Waals surface area contributed by atoms with Gasteiger partial charge in [0, 0.05) is 0 Å². The molecular formula is C34H54O10. The molecule has 4 N–H and O–H groups in total. The van der Waals surface area contributed by atoms with E-state index in [0.29, 0.717) is 36.2 Å². The number of carboxylic acid groups (broad SMARTS) is 2. The van der Waals surface area contributed by atoms with Gasteiger partial charge in [-0.3, -0.25) is 0 Å². The van der Waals surface area contributed by atoms with Crippen molar-refractivity contribution in [3.8, 4) is 23.0 Å². The molecule has 0 aromatic heterocycles. The maximum atomic E-state index is 10.9. The zero-order chi connectivity index (χ0) is 33.0. The molecule has 0 saturated carbocycles. The molecule has 10 nitrogen and oxygen atoms in total. The Morgan fingerprint density at radius 2 is 0.886 bits per heavy atom. The monoisotopic (exact) mass is 622 g/mol. The highest BCUT2D eigenvalue weighted by Crippen LogP contribution is 2.29. The lowest BCUT2D eigenvalue weighted by Crippen LogP contribution is -2.02. The average molecular weight is 623 g/mol. The van der Waals surface area contributed by atoms with Crippen molar-refractivity contribution >= 4 is 11.9 Å². The van der Waals surface area contributed by atoms with Gasteiger partial charge in [0.15, 0.2) is 23.0 Å². The Hall–Kier alpha value is -3.50. The topological polar surface area (TPSA) is 152 Å². The van der Waals surface area contributed by atoms with Gasteiger partial charge in [0.2, 0.25) is 0 Å². The van der Waals surface area contributed by atoms with Crippen LogP contribution in [0.3, 0.4) is 0 Å². The first kappa shape index (κ1) is 40.5. The predicted octanol–water partition coefficient (Wildman–Crippen LogP) is 7.24. The number of rotatable bonds is 21. The van der Waals surface area contributed by atoms with Crippen molar-refractivity contribution in [1.29, 1.82) is 0 Å². The zero-order valence-electron chi connectivity index (χ0n) is 27.0. The Morgan fingerprint density at radius 3 is 1.18 bits per heavy atom. The average Bonchev–Trinajstić information content (AvgIpc) is 3.04. The Balaban J connectivity index is 0.000000749. The van der Waals surface area contributed by atoms with E-state index in [0.717, 1.165) is 25.7 Å². The molecule has 44 heavy (non-hydrogen) atoms. The normalized spacial score (nSPS) is 10.0. The Bertz CT molecular complexity index is 944. The number of carbonyl (C=O) groups is 2. The van der Waals surface area contributed by atoms with Gasteiger partial charge in [0.1, 0.15) is 0 Å². The molecule has 0 atom stereocenters. The fourth-order valence-electron chi connectivity index (χ4n) is 3.97. The molecule has 0 radical (unpaired) electrons. The second-order valence-electron chi connectivity index (χ2n) is 10.0. The van der Waals surface area contributed by atoms with Crippen molar-refractivity contribution in [2.24, 2.45) is 0 Å². The van der Waals surface area contributed by atoms with Crippen molar-refractivity contribution in [2.45, 2.75) is 90.9 Å². The Kier molecular flexibility index (Phi) is 24.9. The molecule has 0 aliphatic carbocycles. The number of aromatic carboxylic acids is 2. The highest BCUT2D eigenvalue weighted by molar-refractivity contribution is 5.89.